The minimum Gasteiger partial charge on any atom is -0.314 e. The Morgan fingerprint density at radius 3 is 2.42 bits per heavy atom. The van der Waals surface area contributed by atoms with Gasteiger partial charge in [0.15, 0.2) is 0 Å². The van der Waals surface area contributed by atoms with Crippen LogP contribution in [-0.2, 0) is 0 Å². The highest BCUT2D eigenvalue weighted by Crippen LogP contribution is 2.39. The SMILES string of the molecule is Cc1ccc(F)c([C@H](N2CCNCC2)C(C)(C)C)c1. The molecule has 1 aliphatic rings. The lowest BCUT2D eigenvalue weighted by atomic mass is 9.80. The molecule has 1 aromatic carbocycles. The Morgan fingerprint density at radius 2 is 1.84 bits per heavy atom. The fourth-order valence-corrected chi connectivity index (χ4v) is 3.02. The van der Waals surface area contributed by atoms with E-state index in [4.69, 9.17) is 0 Å². The molecule has 0 spiro atoms. The molecular formula is C16H25FN2. The Balaban J connectivity index is 2.39. The Hall–Kier alpha value is -0.930. The lowest BCUT2D eigenvalue weighted by molar-refractivity contribution is 0.0834. The number of nitrogens with zero attached hydrogens (tertiary/aromatic N) is 1. The summed E-state index contributed by atoms with van der Waals surface area (Å²) in [6, 6.07) is 5.59. The molecule has 1 saturated heterocycles. The van der Waals surface area contributed by atoms with E-state index in [2.05, 4.69) is 31.0 Å². The Labute approximate surface area is 116 Å². The quantitative estimate of drug-likeness (QED) is 0.883. The summed E-state index contributed by atoms with van der Waals surface area (Å²) in [6.45, 7) is 12.6. The maximum Gasteiger partial charge on any atom is 0.128 e. The molecule has 0 unspecified atom stereocenters. The summed E-state index contributed by atoms with van der Waals surface area (Å²) >= 11 is 0. The molecule has 3 heteroatoms. The van der Waals surface area contributed by atoms with Gasteiger partial charge in [-0.2, -0.15) is 0 Å². The van der Waals surface area contributed by atoms with Crippen molar-refractivity contribution < 1.29 is 4.39 Å². The average Bonchev–Trinajstić information content (AvgIpc) is 2.33. The van der Waals surface area contributed by atoms with Crippen LogP contribution in [0.4, 0.5) is 4.39 Å². The van der Waals surface area contributed by atoms with Gasteiger partial charge in [-0.15, -0.1) is 0 Å². The highest BCUT2D eigenvalue weighted by Gasteiger charge is 2.34. The normalized spacial score (nSPS) is 19.4. The van der Waals surface area contributed by atoms with Crippen LogP contribution < -0.4 is 5.32 Å². The van der Waals surface area contributed by atoms with Gasteiger partial charge in [-0.1, -0.05) is 38.5 Å². The molecule has 1 atom stereocenters. The predicted molar refractivity (Wildman–Crippen MR) is 77.8 cm³/mol. The van der Waals surface area contributed by atoms with Gasteiger partial charge >= 0.3 is 0 Å². The smallest absolute Gasteiger partial charge is 0.128 e. The predicted octanol–water partition coefficient (Wildman–Crippen LogP) is 3.13. The zero-order valence-electron chi connectivity index (χ0n) is 12.5. The Bertz CT molecular complexity index is 431. The minimum absolute atomic E-state index is 0.0198. The fraction of sp³-hybridized carbons (Fsp3) is 0.625. The molecule has 1 aliphatic heterocycles. The molecule has 0 aromatic heterocycles. The fourth-order valence-electron chi connectivity index (χ4n) is 3.02. The van der Waals surface area contributed by atoms with Gasteiger partial charge in [-0.05, 0) is 18.4 Å². The van der Waals surface area contributed by atoms with Crippen LogP contribution in [0.2, 0.25) is 0 Å². The van der Waals surface area contributed by atoms with E-state index in [9.17, 15) is 4.39 Å². The van der Waals surface area contributed by atoms with Gasteiger partial charge in [-0.3, -0.25) is 4.90 Å². The maximum atomic E-state index is 14.3. The van der Waals surface area contributed by atoms with E-state index in [1.165, 1.54) is 0 Å². The van der Waals surface area contributed by atoms with Crippen LogP contribution in [-0.4, -0.2) is 31.1 Å². The summed E-state index contributed by atoms with van der Waals surface area (Å²) < 4.78 is 14.3. The van der Waals surface area contributed by atoms with Gasteiger partial charge in [0.1, 0.15) is 5.82 Å². The molecule has 0 saturated carbocycles. The lowest BCUT2D eigenvalue weighted by Crippen LogP contribution is -2.48. The molecule has 0 aliphatic carbocycles. The Kier molecular flexibility index (Phi) is 4.26. The van der Waals surface area contributed by atoms with Gasteiger partial charge in [0, 0.05) is 37.8 Å². The third-order valence-electron chi connectivity index (χ3n) is 3.78. The number of halogens is 1. The highest BCUT2D eigenvalue weighted by atomic mass is 19.1. The van der Waals surface area contributed by atoms with Crippen molar-refractivity contribution >= 4 is 0 Å². The number of hydrogen-bond acceptors (Lipinski definition) is 2. The molecule has 106 valence electrons. The van der Waals surface area contributed by atoms with Crippen LogP contribution in [0.15, 0.2) is 18.2 Å². The van der Waals surface area contributed by atoms with Gasteiger partial charge < -0.3 is 5.32 Å². The first-order valence-electron chi connectivity index (χ1n) is 7.10. The van der Waals surface area contributed by atoms with Gasteiger partial charge in [0.2, 0.25) is 0 Å². The molecule has 1 N–H and O–H groups in total. The van der Waals surface area contributed by atoms with Crippen molar-refractivity contribution in [1.29, 1.82) is 0 Å². The molecule has 0 bridgehead atoms. The van der Waals surface area contributed by atoms with E-state index in [1.807, 2.05) is 19.1 Å². The monoisotopic (exact) mass is 264 g/mol. The topological polar surface area (TPSA) is 15.3 Å². The van der Waals surface area contributed by atoms with Crippen molar-refractivity contribution in [2.24, 2.45) is 5.41 Å². The summed E-state index contributed by atoms with van der Waals surface area (Å²) in [5.41, 5.74) is 1.99. The maximum absolute atomic E-state index is 14.3. The van der Waals surface area contributed by atoms with E-state index in [0.717, 1.165) is 37.3 Å². The highest BCUT2D eigenvalue weighted by molar-refractivity contribution is 5.28. The zero-order valence-corrected chi connectivity index (χ0v) is 12.5. The third-order valence-corrected chi connectivity index (χ3v) is 3.78. The summed E-state index contributed by atoms with van der Waals surface area (Å²) in [7, 11) is 0. The van der Waals surface area contributed by atoms with Crippen LogP contribution >= 0.6 is 0 Å². The van der Waals surface area contributed by atoms with E-state index in [1.54, 1.807) is 6.07 Å². The van der Waals surface area contributed by atoms with Crippen molar-refractivity contribution in [1.82, 2.24) is 10.2 Å². The molecule has 0 radical (unpaired) electrons. The molecule has 1 heterocycles. The molecule has 2 rings (SSSR count). The number of hydrogen-bond donors (Lipinski definition) is 1. The minimum atomic E-state index is -0.0796. The largest absolute Gasteiger partial charge is 0.314 e. The summed E-state index contributed by atoms with van der Waals surface area (Å²) in [6.07, 6.45) is 0. The second-order valence-corrected chi connectivity index (χ2v) is 6.58. The number of piperazine rings is 1. The summed E-state index contributed by atoms with van der Waals surface area (Å²) in [4.78, 5) is 2.41. The molecule has 2 nitrogen and oxygen atoms in total. The van der Waals surface area contributed by atoms with E-state index < -0.39 is 0 Å². The van der Waals surface area contributed by atoms with Gasteiger partial charge in [0.25, 0.3) is 0 Å². The molecule has 1 fully saturated rings. The average molecular weight is 264 g/mol. The van der Waals surface area contributed by atoms with Crippen LogP contribution in [0, 0.1) is 18.2 Å². The zero-order chi connectivity index (χ0) is 14.0. The van der Waals surface area contributed by atoms with Crippen molar-refractivity contribution in [3.63, 3.8) is 0 Å². The first-order chi connectivity index (χ1) is 8.89. The van der Waals surface area contributed by atoms with Crippen molar-refractivity contribution in [2.75, 3.05) is 26.2 Å². The van der Waals surface area contributed by atoms with E-state index in [0.29, 0.717) is 0 Å². The number of rotatable bonds is 2. The number of benzene rings is 1. The summed E-state index contributed by atoms with van der Waals surface area (Å²) in [5.74, 6) is -0.0796. The van der Waals surface area contributed by atoms with Gasteiger partial charge in [0.05, 0.1) is 0 Å². The second kappa shape index (κ2) is 5.59. The second-order valence-electron chi connectivity index (χ2n) is 6.58. The van der Waals surface area contributed by atoms with Gasteiger partial charge in [-0.25, -0.2) is 4.39 Å². The van der Waals surface area contributed by atoms with E-state index in [-0.39, 0.29) is 17.3 Å². The Morgan fingerprint density at radius 1 is 1.21 bits per heavy atom. The first-order valence-corrected chi connectivity index (χ1v) is 7.10. The van der Waals surface area contributed by atoms with Crippen molar-refractivity contribution in [2.45, 2.75) is 33.7 Å². The van der Waals surface area contributed by atoms with Crippen LogP contribution in [0.25, 0.3) is 0 Å². The van der Waals surface area contributed by atoms with E-state index >= 15 is 0 Å². The van der Waals surface area contributed by atoms with Crippen LogP contribution in [0.3, 0.4) is 0 Å². The standard InChI is InChI=1S/C16H25FN2/c1-12-5-6-14(17)13(11-12)15(16(2,3)4)19-9-7-18-8-10-19/h5-6,11,15,18H,7-10H2,1-4H3/t15-/m0/s1. The van der Waals surface area contributed by atoms with Crippen LogP contribution in [0.5, 0.6) is 0 Å². The number of nitrogens with one attached hydrogen (secondary N) is 1. The lowest BCUT2D eigenvalue weighted by Gasteiger charge is -2.42. The molecule has 0 amide bonds. The van der Waals surface area contributed by atoms with Crippen molar-refractivity contribution in [3.8, 4) is 0 Å². The molecule has 19 heavy (non-hydrogen) atoms. The van der Waals surface area contributed by atoms with Crippen LogP contribution in [0.1, 0.15) is 37.9 Å². The third kappa shape index (κ3) is 3.34. The number of aryl methyl sites for hydroxylation is 1. The molecule has 1 aromatic rings. The summed E-state index contributed by atoms with van der Waals surface area (Å²) in [5, 5.41) is 3.36. The molecular weight excluding hydrogens is 239 g/mol. The van der Waals surface area contributed by atoms with Crippen molar-refractivity contribution in [3.05, 3.63) is 35.1 Å². The first kappa shape index (κ1) is 14.5.